The van der Waals surface area contributed by atoms with Gasteiger partial charge in [-0.1, -0.05) is 52.5 Å². The third-order valence-electron chi connectivity index (χ3n) is 10.7. The van der Waals surface area contributed by atoms with E-state index in [1.807, 2.05) is 0 Å². The number of fused-ring (bicyclic) bond motifs is 6. The van der Waals surface area contributed by atoms with Crippen LogP contribution in [0.25, 0.3) is 0 Å². The number of aliphatic hydroxyl groups excluding tert-OH is 2. The molecule has 2 unspecified atom stereocenters. The quantitative estimate of drug-likeness (QED) is 0.0976. The summed E-state index contributed by atoms with van der Waals surface area (Å²) < 4.78 is 41.7. The second-order valence-corrected chi connectivity index (χ2v) is 15.4. The Labute approximate surface area is 308 Å². The molecule has 3 saturated heterocycles. The predicted molar refractivity (Wildman–Crippen MR) is 188 cm³/mol. The van der Waals surface area contributed by atoms with E-state index in [0.29, 0.717) is 32.3 Å². The van der Waals surface area contributed by atoms with Crippen LogP contribution in [0.3, 0.4) is 0 Å². The lowest BCUT2D eigenvalue weighted by molar-refractivity contribution is -0.327. The van der Waals surface area contributed by atoms with Crippen LogP contribution in [0.2, 0.25) is 0 Å². The Morgan fingerprint density at radius 1 is 1.04 bits per heavy atom. The van der Waals surface area contributed by atoms with Crippen molar-refractivity contribution in [3.8, 4) is 0 Å². The first-order chi connectivity index (χ1) is 24.7. The number of carbonyl (C=O) groups is 3. The fourth-order valence-electron chi connectivity index (χ4n) is 7.45. The highest BCUT2D eigenvalue weighted by Crippen LogP contribution is 2.47. The minimum absolute atomic E-state index is 0.00183. The molecule has 0 radical (unpaired) electrons. The monoisotopic (exact) mass is 738 g/mol. The molecule has 296 valence electrons. The van der Waals surface area contributed by atoms with Gasteiger partial charge in [0.05, 0.1) is 50.3 Å². The van der Waals surface area contributed by atoms with Crippen molar-refractivity contribution in [1.29, 1.82) is 0 Å². The van der Waals surface area contributed by atoms with Crippen LogP contribution < -0.4 is 0 Å². The summed E-state index contributed by atoms with van der Waals surface area (Å²) in [5.41, 5.74) is -1.04. The standard InChI is InChI=1S/C39H62O13/c1-6-7-8-9-10-14-33(42)51-37-26(22-35(44)46-5)21-29-24-32(25(2)40)50-34(43)16-15-30(41)31-13-11-12-27(48-31)23-28-18-20-47-36(49-28)17-19-38(3,4)39(37,45)52-29/h17,19,22,25,27-32,36-37,40-41,45H,6-16,18,20-21,23-24H2,1-5H3/b19-17+,26-22+/t25-,27-,28+,29?,30+,31+,32?,36+,37+,39-/m1/s1. The molecule has 6 bridgehead atoms. The van der Waals surface area contributed by atoms with E-state index >= 15 is 0 Å². The van der Waals surface area contributed by atoms with E-state index in [2.05, 4.69) is 6.92 Å². The molecule has 0 aromatic carbocycles. The molecular formula is C39H62O13. The molecule has 4 aliphatic rings. The molecule has 0 amide bonds. The zero-order chi connectivity index (χ0) is 37.9. The van der Waals surface area contributed by atoms with Crippen molar-refractivity contribution in [3.05, 3.63) is 23.8 Å². The molecule has 52 heavy (non-hydrogen) atoms. The van der Waals surface area contributed by atoms with E-state index in [0.717, 1.165) is 38.5 Å². The van der Waals surface area contributed by atoms with E-state index in [-0.39, 0.29) is 49.9 Å². The predicted octanol–water partition coefficient (Wildman–Crippen LogP) is 4.71. The first-order valence-corrected chi connectivity index (χ1v) is 19.3. The van der Waals surface area contributed by atoms with Crippen molar-refractivity contribution in [3.63, 3.8) is 0 Å². The van der Waals surface area contributed by atoms with Gasteiger partial charge in [0.15, 0.2) is 12.4 Å². The maximum Gasteiger partial charge on any atom is 0.330 e. The van der Waals surface area contributed by atoms with Gasteiger partial charge < -0.3 is 48.5 Å². The fraction of sp³-hybridized carbons (Fsp3) is 0.821. The second-order valence-electron chi connectivity index (χ2n) is 15.4. The highest BCUT2D eigenvalue weighted by Gasteiger charge is 2.57. The molecule has 0 aromatic rings. The van der Waals surface area contributed by atoms with Gasteiger partial charge in [-0.2, -0.15) is 0 Å². The van der Waals surface area contributed by atoms with Crippen molar-refractivity contribution in [1.82, 2.24) is 0 Å². The number of aliphatic hydroxyl groups is 3. The van der Waals surface area contributed by atoms with Crippen LogP contribution in [0.1, 0.15) is 124 Å². The van der Waals surface area contributed by atoms with Crippen molar-refractivity contribution in [2.45, 2.75) is 185 Å². The summed E-state index contributed by atoms with van der Waals surface area (Å²) in [5.74, 6) is -4.12. The zero-order valence-corrected chi connectivity index (χ0v) is 31.7. The zero-order valence-electron chi connectivity index (χ0n) is 31.7. The number of hydrogen-bond donors (Lipinski definition) is 3. The third-order valence-corrected chi connectivity index (χ3v) is 10.7. The Bertz CT molecular complexity index is 1230. The smallest absolute Gasteiger partial charge is 0.330 e. The van der Waals surface area contributed by atoms with E-state index in [1.165, 1.54) is 20.1 Å². The van der Waals surface area contributed by atoms with Crippen LogP contribution in [0.5, 0.6) is 0 Å². The Morgan fingerprint density at radius 2 is 1.79 bits per heavy atom. The highest BCUT2D eigenvalue weighted by atomic mass is 16.7. The maximum absolute atomic E-state index is 13.3. The fourth-order valence-corrected chi connectivity index (χ4v) is 7.45. The van der Waals surface area contributed by atoms with Gasteiger partial charge in [-0.15, -0.1) is 0 Å². The van der Waals surface area contributed by atoms with Crippen LogP contribution in [0.15, 0.2) is 23.8 Å². The number of hydrogen-bond acceptors (Lipinski definition) is 13. The molecule has 0 saturated carbocycles. The lowest BCUT2D eigenvalue weighted by Crippen LogP contribution is -2.62. The summed E-state index contributed by atoms with van der Waals surface area (Å²) in [5, 5.41) is 34.4. The normalized spacial score (nSPS) is 36.5. The van der Waals surface area contributed by atoms with Gasteiger partial charge in [-0.25, -0.2) is 4.79 Å². The largest absolute Gasteiger partial charge is 0.466 e. The van der Waals surface area contributed by atoms with Gasteiger partial charge in [-0.05, 0) is 69.9 Å². The van der Waals surface area contributed by atoms with Gasteiger partial charge in [0.25, 0.3) is 0 Å². The molecule has 13 nitrogen and oxygen atoms in total. The van der Waals surface area contributed by atoms with Crippen molar-refractivity contribution >= 4 is 17.9 Å². The number of cyclic esters (lactones) is 1. The number of esters is 3. The Kier molecular flexibility index (Phi) is 16.1. The average molecular weight is 739 g/mol. The molecule has 0 aliphatic carbocycles. The van der Waals surface area contributed by atoms with Gasteiger partial charge in [0, 0.05) is 30.8 Å². The van der Waals surface area contributed by atoms with Crippen LogP contribution in [0.4, 0.5) is 0 Å². The van der Waals surface area contributed by atoms with Crippen molar-refractivity contribution in [2.75, 3.05) is 13.7 Å². The Morgan fingerprint density at radius 3 is 2.52 bits per heavy atom. The average Bonchev–Trinajstić information content (AvgIpc) is 3.10. The lowest BCUT2D eigenvalue weighted by Gasteiger charge is -2.51. The molecule has 4 aliphatic heterocycles. The molecule has 0 aromatic heterocycles. The number of ether oxygens (including phenoxy) is 7. The lowest BCUT2D eigenvalue weighted by atomic mass is 9.74. The molecule has 4 heterocycles. The van der Waals surface area contributed by atoms with Gasteiger partial charge in [0.2, 0.25) is 5.79 Å². The van der Waals surface area contributed by atoms with E-state index < -0.39 is 72.0 Å². The molecule has 10 atom stereocenters. The SMILES string of the molecule is CCCCCCCC(=O)O[C@H]1/C(=C/C(=O)OC)CC2CC([C@@H](C)O)OC(=O)CC[C@H](O)[C@@H]3CCC[C@H](C[C@@H]4CCO[C@H](/C=C/C(C)(C)[C@]1(O)O2)O4)O3. The van der Waals surface area contributed by atoms with Crippen LogP contribution in [-0.2, 0) is 47.5 Å². The van der Waals surface area contributed by atoms with Gasteiger partial charge >= 0.3 is 17.9 Å². The van der Waals surface area contributed by atoms with E-state index in [4.69, 9.17) is 33.2 Å². The minimum atomic E-state index is -2.25. The van der Waals surface area contributed by atoms with Crippen molar-refractivity contribution in [2.24, 2.45) is 5.41 Å². The summed E-state index contributed by atoms with van der Waals surface area (Å²) in [6.45, 7) is 7.46. The number of methoxy groups -OCH3 is 1. The summed E-state index contributed by atoms with van der Waals surface area (Å²) in [6.07, 6.45) is 6.03. The van der Waals surface area contributed by atoms with Crippen molar-refractivity contribution < 1.29 is 62.9 Å². The summed E-state index contributed by atoms with van der Waals surface area (Å²) >= 11 is 0. The molecule has 3 N–H and O–H groups in total. The maximum atomic E-state index is 13.3. The first-order valence-electron chi connectivity index (χ1n) is 19.3. The van der Waals surface area contributed by atoms with Gasteiger partial charge in [-0.3, -0.25) is 9.59 Å². The molecule has 0 spiro atoms. The molecule has 13 heteroatoms. The van der Waals surface area contributed by atoms with Crippen LogP contribution in [0, 0.1) is 5.41 Å². The van der Waals surface area contributed by atoms with E-state index in [1.54, 1.807) is 26.0 Å². The van der Waals surface area contributed by atoms with E-state index in [9.17, 15) is 29.7 Å². The molecule has 3 fully saturated rings. The second kappa shape index (κ2) is 19.8. The first kappa shape index (κ1) is 42.4. The third kappa shape index (κ3) is 11.8. The Balaban J connectivity index is 1.70. The van der Waals surface area contributed by atoms with Crippen LogP contribution >= 0.6 is 0 Å². The number of rotatable bonds is 9. The molecule has 4 rings (SSSR count). The van der Waals surface area contributed by atoms with Gasteiger partial charge in [0.1, 0.15) is 6.10 Å². The summed E-state index contributed by atoms with van der Waals surface area (Å²) in [4.78, 5) is 39.1. The highest BCUT2D eigenvalue weighted by molar-refractivity contribution is 5.83. The van der Waals surface area contributed by atoms with Crippen LogP contribution in [-0.4, -0.2) is 108 Å². The minimum Gasteiger partial charge on any atom is -0.466 e. The molecular weight excluding hydrogens is 676 g/mol. The topological polar surface area (TPSA) is 177 Å². The summed E-state index contributed by atoms with van der Waals surface area (Å²) in [7, 11) is 1.22. The number of carbonyl (C=O) groups excluding carboxylic acids is 3. The number of unbranched alkanes of at least 4 members (excludes halogenated alkanes) is 4. The summed E-state index contributed by atoms with van der Waals surface area (Å²) in [6, 6.07) is 0. The Hall–Kier alpha value is -2.39.